The molecule has 33 heavy (non-hydrogen) atoms. The van der Waals surface area contributed by atoms with E-state index in [2.05, 4.69) is 5.32 Å². The first-order valence-corrected chi connectivity index (χ1v) is 12.0. The number of sulfone groups is 1. The molecule has 0 unspecified atom stereocenters. The minimum absolute atomic E-state index is 0.166. The SMILES string of the molecule is CCOc1cc([C@@H](CS(C)(=O)=O)N2C(=O)c3cc(F)cc(NC(C)=O)c3C2=O)ccc1OC. The van der Waals surface area contributed by atoms with Crippen LogP contribution in [0, 0.1) is 5.82 Å². The van der Waals surface area contributed by atoms with Crippen molar-refractivity contribution < 1.29 is 36.7 Å². The van der Waals surface area contributed by atoms with Gasteiger partial charge in [-0.05, 0) is 36.8 Å². The number of benzene rings is 2. The maximum Gasteiger partial charge on any atom is 0.264 e. The Bertz CT molecular complexity index is 1240. The lowest BCUT2D eigenvalue weighted by Gasteiger charge is -2.27. The van der Waals surface area contributed by atoms with E-state index in [9.17, 15) is 27.2 Å². The van der Waals surface area contributed by atoms with Crippen molar-refractivity contribution in [3.63, 3.8) is 0 Å². The summed E-state index contributed by atoms with van der Waals surface area (Å²) in [6.07, 6.45) is 0.980. The zero-order chi connectivity index (χ0) is 24.5. The highest BCUT2D eigenvalue weighted by Gasteiger charge is 2.44. The van der Waals surface area contributed by atoms with E-state index < -0.39 is 45.2 Å². The van der Waals surface area contributed by atoms with Crippen LogP contribution in [-0.4, -0.2) is 56.8 Å². The number of nitrogens with one attached hydrogen (secondary N) is 1. The fraction of sp³-hybridized carbons (Fsp3) is 0.318. The molecule has 3 amide bonds. The number of hydrogen-bond acceptors (Lipinski definition) is 7. The third kappa shape index (κ3) is 4.98. The summed E-state index contributed by atoms with van der Waals surface area (Å²) in [5.41, 5.74) is -0.323. The summed E-state index contributed by atoms with van der Waals surface area (Å²) in [5, 5.41) is 2.35. The average molecular weight is 478 g/mol. The molecule has 0 saturated heterocycles. The van der Waals surface area contributed by atoms with Gasteiger partial charge in [0.05, 0.1) is 42.3 Å². The second-order valence-corrected chi connectivity index (χ2v) is 9.67. The quantitative estimate of drug-likeness (QED) is 0.579. The van der Waals surface area contributed by atoms with Gasteiger partial charge in [-0.15, -0.1) is 0 Å². The lowest BCUT2D eigenvalue weighted by molar-refractivity contribution is -0.114. The monoisotopic (exact) mass is 478 g/mol. The molecule has 0 aliphatic carbocycles. The third-order valence-electron chi connectivity index (χ3n) is 4.94. The molecule has 1 heterocycles. The molecule has 0 aromatic heterocycles. The van der Waals surface area contributed by atoms with Crippen LogP contribution < -0.4 is 14.8 Å². The van der Waals surface area contributed by atoms with E-state index >= 15 is 0 Å². The van der Waals surface area contributed by atoms with Gasteiger partial charge < -0.3 is 14.8 Å². The van der Waals surface area contributed by atoms with E-state index in [1.807, 2.05) is 0 Å². The predicted molar refractivity (Wildman–Crippen MR) is 118 cm³/mol. The number of fused-ring (bicyclic) bond motifs is 1. The fourth-order valence-corrected chi connectivity index (χ4v) is 4.61. The van der Waals surface area contributed by atoms with Crippen molar-refractivity contribution in [2.75, 3.05) is 31.0 Å². The van der Waals surface area contributed by atoms with Crippen molar-refractivity contribution in [3.8, 4) is 11.5 Å². The van der Waals surface area contributed by atoms with Crippen molar-refractivity contribution in [1.82, 2.24) is 4.90 Å². The Morgan fingerprint density at radius 2 is 1.85 bits per heavy atom. The highest BCUT2D eigenvalue weighted by molar-refractivity contribution is 7.90. The first kappa shape index (κ1) is 24.2. The van der Waals surface area contributed by atoms with Gasteiger partial charge in [-0.2, -0.15) is 0 Å². The van der Waals surface area contributed by atoms with Crippen molar-refractivity contribution >= 4 is 33.2 Å². The number of halogens is 1. The number of methoxy groups -OCH3 is 1. The zero-order valence-corrected chi connectivity index (χ0v) is 19.3. The number of amides is 3. The van der Waals surface area contributed by atoms with Gasteiger partial charge in [0, 0.05) is 13.2 Å². The molecule has 2 aromatic rings. The summed E-state index contributed by atoms with van der Waals surface area (Å²) in [5.74, 6) is -3.00. The molecule has 2 aromatic carbocycles. The normalized spacial score (nSPS) is 14.2. The molecular weight excluding hydrogens is 455 g/mol. The fourth-order valence-electron chi connectivity index (χ4n) is 3.70. The Balaban J connectivity index is 2.16. The van der Waals surface area contributed by atoms with Crippen LogP contribution in [0.4, 0.5) is 10.1 Å². The van der Waals surface area contributed by atoms with Crippen LogP contribution in [0.2, 0.25) is 0 Å². The minimum Gasteiger partial charge on any atom is -0.493 e. The number of rotatable bonds is 8. The van der Waals surface area contributed by atoms with Crippen LogP contribution in [0.1, 0.15) is 46.2 Å². The summed E-state index contributed by atoms with van der Waals surface area (Å²) in [7, 11) is -2.24. The number of nitrogens with zero attached hydrogens (tertiary/aromatic N) is 1. The maximum absolute atomic E-state index is 14.2. The Kier molecular flexibility index (Phi) is 6.73. The van der Waals surface area contributed by atoms with E-state index in [0.717, 1.165) is 23.3 Å². The van der Waals surface area contributed by atoms with E-state index in [-0.39, 0.29) is 16.8 Å². The molecule has 9 nitrogen and oxygen atoms in total. The van der Waals surface area contributed by atoms with Crippen molar-refractivity contribution in [2.45, 2.75) is 19.9 Å². The number of hydrogen-bond donors (Lipinski definition) is 1. The molecule has 11 heteroatoms. The number of anilines is 1. The average Bonchev–Trinajstić information content (AvgIpc) is 2.95. The molecule has 0 spiro atoms. The van der Waals surface area contributed by atoms with Gasteiger partial charge in [0.1, 0.15) is 15.7 Å². The summed E-state index contributed by atoms with van der Waals surface area (Å²) in [6.45, 7) is 3.22. The largest absolute Gasteiger partial charge is 0.493 e. The number of carbonyl (C=O) groups excluding carboxylic acids is 3. The summed E-state index contributed by atoms with van der Waals surface area (Å²) >= 11 is 0. The molecule has 176 valence electrons. The van der Waals surface area contributed by atoms with Gasteiger partial charge in [0.25, 0.3) is 11.8 Å². The minimum atomic E-state index is -3.68. The van der Waals surface area contributed by atoms with E-state index in [0.29, 0.717) is 23.7 Å². The molecule has 1 aliphatic rings. The standard InChI is InChI=1S/C22H23FN2O7S/c1-5-32-19-8-13(6-7-18(19)31-3)17(11-33(4,29)30)25-21(27)15-9-14(23)10-16(24-12(2)26)20(15)22(25)28/h6-10,17H,5,11H2,1-4H3,(H,24,26)/t17-/m1/s1. The molecule has 3 rings (SSSR count). The summed E-state index contributed by atoms with van der Waals surface area (Å²) in [4.78, 5) is 38.9. The second kappa shape index (κ2) is 9.18. The smallest absolute Gasteiger partial charge is 0.264 e. The van der Waals surface area contributed by atoms with E-state index in [1.165, 1.54) is 32.2 Å². The first-order chi connectivity index (χ1) is 15.5. The summed E-state index contributed by atoms with van der Waals surface area (Å²) < 4.78 is 49.4. The van der Waals surface area contributed by atoms with Crippen LogP contribution in [0.15, 0.2) is 30.3 Å². The highest BCUT2D eigenvalue weighted by atomic mass is 32.2. The zero-order valence-electron chi connectivity index (χ0n) is 18.5. The van der Waals surface area contributed by atoms with Crippen LogP contribution in [0.25, 0.3) is 0 Å². The maximum atomic E-state index is 14.2. The van der Waals surface area contributed by atoms with Crippen LogP contribution in [0.5, 0.6) is 11.5 Å². The Morgan fingerprint density at radius 1 is 1.15 bits per heavy atom. The van der Waals surface area contributed by atoms with Gasteiger partial charge in [0.2, 0.25) is 5.91 Å². The highest BCUT2D eigenvalue weighted by Crippen LogP contribution is 2.39. The number of carbonyl (C=O) groups is 3. The molecule has 1 N–H and O–H groups in total. The number of imide groups is 1. The van der Waals surface area contributed by atoms with E-state index in [4.69, 9.17) is 9.47 Å². The van der Waals surface area contributed by atoms with Gasteiger partial charge in [-0.25, -0.2) is 12.8 Å². The second-order valence-electron chi connectivity index (χ2n) is 7.49. The van der Waals surface area contributed by atoms with Crippen molar-refractivity contribution in [2.24, 2.45) is 0 Å². The van der Waals surface area contributed by atoms with Gasteiger partial charge in [0.15, 0.2) is 11.5 Å². The molecule has 0 saturated carbocycles. The lowest BCUT2D eigenvalue weighted by atomic mass is 10.1. The Labute approximate surface area is 190 Å². The Morgan fingerprint density at radius 3 is 2.42 bits per heavy atom. The van der Waals surface area contributed by atoms with Crippen LogP contribution in [0.3, 0.4) is 0 Å². The van der Waals surface area contributed by atoms with Crippen LogP contribution >= 0.6 is 0 Å². The molecule has 0 fully saturated rings. The first-order valence-electron chi connectivity index (χ1n) is 9.94. The lowest BCUT2D eigenvalue weighted by Crippen LogP contribution is -2.37. The van der Waals surface area contributed by atoms with Gasteiger partial charge in [-0.3, -0.25) is 19.3 Å². The van der Waals surface area contributed by atoms with Gasteiger partial charge in [-0.1, -0.05) is 6.07 Å². The molecular formula is C22H23FN2O7S. The summed E-state index contributed by atoms with van der Waals surface area (Å²) in [6, 6.07) is 5.15. The third-order valence-corrected chi connectivity index (χ3v) is 5.86. The van der Waals surface area contributed by atoms with Crippen molar-refractivity contribution in [1.29, 1.82) is 0 Å². The molecule has 0 bridgehead atoms. The van der Waals surface area contributed by atoms with E-state index in [1.54, 1.807) is 6.92 Å². The van der Waals surface area contributed by atoms with Gasteiger partial charge >= 0.3 is 0 Å². The number of ether oxygens (including phenoxy) is 2. The Hall–Kier alpha value is -3.47. The molecule has 1 aliphatic heterocycles. The van der Waals surface area contributed by atoms with Crippen LogP contribution in [-0.2, 0) is 14.6 Å². The molecule has 0 radical (unpaired) electrons. The topological polar surface area (TPSA) is 119 Å². The predicted octanol–water partition coefficient (Wildman–Crippen LogP) is 2.57. The molecule has 1 atom stereocenters. The van der Waals surface area contributed by atoms with Crippen molar-refractivity contribution in [3.05, 3.63) is 52.8 Å².